The third kappa shape index (κ3) is 3.37. The summed E-state index contributed by atoms with van der Waals surface area (Å²) in [5, 5.41) is 2.11. The van der Waals surface area contributed by atoms with Crippen molar-refractivity contribution in [3.05, 3.63) is 90.4 Å². The van der Waals surface area contributed by atoms with Gasteiger partial charge in [-0.15, -0.1) is 0 Å². The van der Waals surface area contributed by atoms with E-state index in [0.29, 0.717) is 5.92 Å². The van der Waals surface area contributed by atoms with E-state index in [0.717, 1.165) is 50.7 Å². The van der Waals surface area contributed by atoms with E-state index in [1.54, 1.807) is 12.1 Å². The molecule has 0 saturated heterocycles. The Morgan fingerprint density at radius 2 is 1.67 bits per heavy atom. The minimum Gasteiger partial charge on any atom is -0.455 e. The molecule has 0 aliphatic heterocycles. The molecule has 0 saturated carbocycles. The first-order valence-electron chi connectivity index (χ1n) is 10.2. The number of nitrogens with zero attached hydrogens (tertiary/aromatic N) is 1. The molecule has 0 unspecified atom stereocenters. The Balaban J connectivity index is 1.64. The minimum absolute atomic E-state index is 0.243. The summed E-state index contributed by atoms with van der Waals surface area (Å²) in [6.45, 7) is 4.45. The molecule has 5 aromatic rings. The molecule has 0 spiro atoms. The van der Waals surface area contributed by atoms with Gasteiger partial charge in [0.25, 0.3) is 0 Å². The molecule has 0 fully saturated rings. The van der Waals surface area contributed by atoms with Crippen LogP contribution in [0.1, 0.15) is 19.4 Å². The van der Waals surface area contributed by atoms with Crippen molar-refractivity contribution in [3.8, 4) is 22.4 Å². The number of aromatic nitrogens is 1. The van der Waals surface area contributed by atoms with E-state index in [1.807, 2.05) is 24.4 Å². The van der Waals surface area contributed by atoms with E-state index >= 15 is 0 Å². The van der Waals surface area contributed by atoms with Crippen LogP contribution in [-0.2, 0) is 6.42 Å². The Morgan fingerprint density at radius 1 is 0.867 bits per heavy atom. The Kier molecular flexibility index (Phi) is 4.59. The van der Waals surface area contributed by atoms with Crippen LogP contribution < -0.4 is 0 Å². The fourth-order valence-electron chi connectivity index (χ4n) is 4.05. The van der Waals surface area contributed by atoms with Gasteiger partial charge in [-0.1, -0.05) is 44.2 Å². The highest BCUT2D eigenvalue weighted by molar-refractivity contribution is 6.10. The Hall–Kier alpha value is -3.46. The van der Waals surface area contributed by atoms with Crippen LogP contribution in [0.4, 0.5) is 4.39 Å². The van der Waals surface area contributed by atoms with Crippen LogP contribution in [-0.4, -0.2) is 4.98 Å². The number of furan rings is 1. The highest BCUT2D eigenvalue weighted by atomic mass is 19.1. The second-order valence-electron chi connectivity index (χ2n) is 8.15. The summed E-state index contributed by atoms with van der Waals surface area (Å²) in [5.74, 6) is 0.359. The van der Waals surface area contributed by atoms with E-state index in [-0.39, 0.29) is 5.82 Å². The maximum Gasteiger partial charge on any atom is 0.143 e. The average molecular weight is 395 g/mol. The molecular formula is C27H22FNO. The zero-order valence-corrected chi connectivity index (χ0v) is 17.0. The number of benzene rings is 3. The van der Waals surface area contributed by atoms with E-state index in [1.165, 1.54) is 17.7 Å². The molecule has 0 aliphatic rings. The van der Waals surface area contributed by atoms with Crippen LogP contribution in [0, 0.1) is 11.7 Å². The number of fused-ring (bicyclic) bond motifs is 3. The molecule has 0 amide bonds. The van der Waals surface area contributed by atoms with Gasteiger partial charge in [0.1, 0.15) is 17.0 Å². The smallest absolute Gasteiger partial charge is 0.143 e. The average Bonchev–Trinajstić information content (AvgIpc) is 3.12. The Labute approximate surface area is 175 Å². The predicted molar refractivity (Wildman–Crippen MR) is 121 cm³/mol. The van der Waals surface area contributed by atoms with Gasteiger partial charge >= 0.3 is 0 Å². The zero-order valence-electron chi connectivity index (χ0n) is 17.0. The fraction of sp³-hybridized carbons (Fsp3) is 0.148. The highest BCUT2D eigenvalue weighted by Gasteiger charge is 2.13. The Bertz CT molecular complexity index is 1350. The quantitative estimate of drug-likeness (QED) is 0.312. The molecule has 0 atom stereocenters. The standard InChI is InChI=1S/C27H22FNO/c1-17(2)14-18-12-13-29-25(15-18)20-8-11-26-24(16-20)23-5-3-4-22(27(23)30-26)19-6-9-21(28)10-7-19/h3-13,15-17H,14H2,1-2H3. The molecule has 3 aromatic carbocycles. The van der Waals surface area contributed by atoms with Gasteiger partial charge in [0.05, 0.1) is 5.69 Å². The monoisotopic (exact) mass is 395 g/mol. The lowest BCUT2D eigenvalue weighted by Crippen LogP contribution is -1.95. The number of hydrogen-bond donors (Lipinski definition) is 0. The molecular weight excluding hydrogens is 373 g/mol. The van der Waals surface area contributed by atoms with Gasteiger partial charge in [-0.2, -0.15) is 0 Å². The minimum atomic E-state index is -0.243. The highest BCUT2D eigenvalue weighted by Crippen LogP contribution is 2.37. The van der Waals surface area contributed by atoms with Crippen molar-refractivity contribution in [2.75, 3.05) is 0 Å². The van der Waals surface area contributed by atoms with Crippen LogP contribution in [0.5, 0.6) is 0 Å². The van der Waals surface area contributed by atoms with Gasteiger partial charge in [0.15, 0.2) is 0 Å². The summed E-state index contributed by atoms with van der Waals surface area (Å²) >= 11 is 0. The summed E-state index contributed by atoms with van der Waals surface area (Å²) in [6.07, 6.45) is 2.92. The van der Waals surface area contributed by atoms with Crippen LogP contribution in [0.3, 0.4) is 0 Å². The van der Waals surface area contributed by atoms with E-state index in [4.69, 9.17) is 4.42 Å². The zero-order chi connectivity index (χ0) is 20.7. The first kappa shape index (κ1) is 18.6. The van der Waals surface area contributed by atoms with Crippen LogP contribution in [0.15, 0.2) is 83.4 Å². The normalized spacial score (nSPS) is 11.6. The summed E-state index contributed by atoms with van der Waals surface area (Å²) in [7, 11) is 0. The molecule has 2 nitrogen and oxygen atoms in total. The molecule has 2 aromatic heterocycles. The van der Waals surface area contributed by atoms with Gasteiger partial charge in [-0.05, 0) is 65.9 Å². The number of para-hydroxylation sites is 1. The van der Waals surface area contributed by atoms with Gasteiger partial charge in [0.2, 0.25) is 0 Å². The van der Waals surface area contributed by atoms with Crippen LogP contribution >= 0.6 is 0 Å². The van der Waals surface area contributed by atoms with Crippen molar-refractivity contribution < 1.29 is 8.81 Å². The van der Waals surface area contributed by atoms with E-state index < -0.39 is 0 Å². The molecule has 0 N–H and O–H groups in total. The summed E-state index contributed by atoms with van der Waals surface area (Å²) in [6, 6.07) is 23.1. The first-order chi connectivity index (χ1) is 14.6. The third-order valence-electron chi connectivity index (χ3n) is 5.42. The molecule has 0 radical (unpaired) electrons. The van der Waals surface area contributed by atoms with Crippen LogP contribution in [0.2, 0.25) is 0 Å². The maximum absolute atomic E-state index is 13.4. The lowest BCUT2D eigenvalue weighted by molar-refractivity contribution is 0.628. The predicted octanol–water partition coefficient (Wildman–Crippen LogP) is 7.65. The van der Waals surface area contributed by atoms with E-state index in [2.05, 4.69) is 49.2 Å². The van der Waals surface area contributed by atoms with Gasteiger partial charge in [-0.25, -0.2) is 4.39 Å². The second kappa shape index (κ2) is 7.42. The number of hydrogen-bond acceptors (Lipinski definition) is 2. The van der Waals surface area contributed by atoms with E-state index in [9.17, 15) is 4.39 Å². The summed E-state index contributed by atoms with van der Waals surface area (Å²) in [5.41, 5.74) is 6.89. The second-order valence-corrected chi connectivity index (χ2v) is 8.15. The maximum atomic E-state index is 13.4. The number of rotatable bonds is 4. The Morgan fingerprint density at radius 3 is 2.47 bits per heavy atom. The molecule has 0 aliphatic carbocycles. The number of pyridine rings is 1. The van der Waals surface area contributed by atoms with Crippen molar-refractivity contribution >= 4 is 21.9 Å². The van der Waals surface area contributed by atoms with Crippen molar-refractivity contribution in [1.29, 1.82) is 0 Å². The van der Waals surface area contributed by atoms with Gasteiger partial charge in [-0.3, -0.25) is 4.98 Å². The molecule has 30 heavy (non-hydrogen) atoms. The molecule has 148 valence electrons. The third-order valence-corrected chi connectivity index (χ3v) is 5.42. The van der Waals surface area contributed by atoms with Crippen molar-refractivity contribution in [2.45, 2.75) is 20.3 Å². The lowest BCUT2D eigenvalue weighted by atomic mass is 10.00. The fourth-order valence-corrected chi connectivity index (χ4v) is 4.05. The number of halogens is 1. The van der Waals surface area contributed by atoms with Gasteiger partial charge in [0, 0.05) is 28.1 Å². The summed E-state index contributed by atoms with van der Waals surface area (Å²) in [4.78, 5) is 4.60. The van der Waals surface area contributed by atoms with Crippen LogP contribution in [0.25, 0.3) is 44.3 Å². The molecule has 0 bridgehead atoms. The SMILES string of the molecule is CC(C)Cc1ccnc(-c2ccc3oc4c(-c5ccc(F)cc5)cccc4c3c2)c1. The van der Waals surface area contributed by atoms with Crippen molar-refractivity contribution in [1.82, 2.24) is 4.98 Å². The lowest BCUT2D eigenvalue weighted by Gasteiger charge is -2.07. The molecule has 5 rings (SSSR count). The van der Waals surface area contributed by atoms with Gasteiger partial charge < -0.3 is 4.42 Å². The van der Waals surface area contributed by atoms with Crippen molar-refractivity contribution in [2.24, 2.45) is 5.92 Å². The first-order valence-corrected chi connectivity index (χ1v) is 10.2. The largest absolute Gasteiger partial charge is 0.455 e. The van der Waals surface area contributed by atoms with Crippen molar-refractivity contribution in [3.63, 3.8) is 0 Å². The molecule has 3 heteroatoms. The topological polar surface area (TPSA) is 26.0 Å². The molecule has 2 heterocycles. The summed E-state index contributed by atoms with van der Waals surface area (Å²) < 4.78 is 19.6.